The molecule has 2 nitrogen and oxygen atoms in total. The average molecular weight is 293 g/mol. The van der Waals surface area contributed by atoms with Gasteiger partial charge in [0.2, 0.25) is 0 Å². The highest BCUT2D eigenvalue weighted by molar-refractivity contribution is 7.84. The molecule has 112 valence electrons. The van der Waals surface area contributed by atoms with Crippen molar-refractivity contribution in [3.63, 3.8) is 0 Å². The van der Waals surface area contributed by atoms with Crippen LogP contribution in [-0.2, 0) is 16.6 Å². The largest absolute Gasteiger partial charge is 0.313 e. The van der Waals surface area contributed by atoms with Crippen molar-refractivity contribution >= 4 is 10.8 Å². The van der Waals surface area contributed by atoms with E-state index in [0.29, 0.717) is 23.0 Å². The molecule has 0 radical (unpaired) electrons. The Bertz CT molecular complexity index is 460. The van der Waals surface area contributed by atoms with Crippen molar-refractivity contribution in [2.45, 2.75) is 57.1 Å². The van der Waals surface area contributed by atoms with E-state index in [9.17, 15) is 4.21 Å². The first-order valence-electron chi connectivity index (χ1n) is 7.76. The van der Waals surface area contributed by atoms with E-state index in [-0.39, 0.29) is 0 Å². The van der Waals surface area contributed by atoms with Crippen LogP contribution in [0.25, 0.3) is 0 Å². The number of rotatable bonds is 5. The first-order valence-corrected chi connectivity index (χ1v) is 9.15. The highest BCUT2D eigenvalue weighted by atomic mass is 32.2. The van der Waals surface area contributed by atoms with Crippen LogP contribution in [0.1, 0.15) is 44.2 Å². The highest BCUT2D eigenvalue weighted by Crippen LogP contribution is 2.29. The van der Waals surface area contributed by atoms with Crippen molar-refractivity contribution in [3.8, 4) is 0 Å². The lowest BCUT2D eigenvalue weighted by molar-refractivity contribution is 0.316. The lowest BCUT2D eigenvalue weighted by Crippen LogP contribution is -2.46. The Labute approximate surface area is 125 Å². The minimum absolute atomic E-state index is 0.304. The first kappa shape index (κ1) is 15.7. The van der Waals surface area contributed by atoms with Gasteiger partial charge in [-0.3, -0.25) is 4.21 Å². The summed E-state index contributed by atoms with van der Waals surface area (Å²) >= 11 is 0. The molecule has 0 heterocycles. The van der Waals surface area contributed by atoms with Crippen LogP contribution in [-0.4, -0.2) is 22.0 Å². The summed E-state index contributed by atoms with van der Waals surface area (Å²) in [6.45, 7) is 7.51. The Balaban J connectivity index is 2.07. The van der Waals surface area contributed by atoms with Crippen molar-refractivity contribution in [3.05, 3.63) is 35.4 Å². The Morgan fingerprint density at radius 3 is 2.75 bits per heavy atom. The van der Waals surface area contributed by atoms with Gasteiger partial charge in [0.05, 0.1) is 5.25 Å². The van der Waals surface area contributed by atoms with E-state index in [1.54, 1.807) is 0 Å². The maximum atomic E-state index is 12.8. The molecule has 4 atom stereocenters. The van der Waals surface area contributed by atoms with E-state index in [0.717, 1.165) is 13.0 Å². The van der Waals surface area contributed by atoms with E-state index in [1.165, 1.54) is 24.0 Å². The van der Waals surface area contributed by atoms with Crippen LogP contribution in [0.5, 0.6) is 0 Å². The Morgan fingerprint density at radius 1 is 1.30 bits per heavy atom. The van der Waals surface area contributed by atoms with Gasteiger partial charge in [-0.25, -0.2) is 0 Å². The molecule has 1 aromatic carbocycles. The summed E-state index contributed by atoms with van der Waals surface area (Å²) in [5.74, 6) is 1.40. The molecule has 1 aromatic rings. The van der Waals surface area contributed by atoms with E-state index in [1.807, 2.05) is 12.1 Å². The molecule has 1 aliphatic rings. The number of aryl methyl sites for hydroxylation is 1. The summed E-state index contributed by atoms with van der Waals surface area (Å²) in [5.41, 5.74) is 2.49. The summed E-state index contributed by atoms with van der Waals surface area (Å²) < 4.78 is 12.8. The molecule has 0 saturated heterocycles. The molecular weight excluding hydrogens is 266 g/mol. The smallest absolute Gasteiger partial charge is 0.0507 e. The summed E-state index contributed by atoms with van der Waals surface area (Å²) in [5, 5.41) is 3.85. The molecular formula is C17H27NOS. The van der Waals surface area contributed by atoms with Crippen molar-refractivity contribution in [2.24, 2.45) is 5.92 Å². The summed E-state index contributed by atoms with van der Waals surface area (Å²) in [6, 6.07) is 8.75. The third kappa shape index (κ3) is 3.92. The summed E-state index contributed by atoms with van der Waals surface area (Å²) in [6.07, 6.45) is 3.52. The standard InChI is InChI=1S/C17H27NOS/c1-4-18-16-10-9-13(2)11-17(16)20(19)12-15-8-6-5-7-14(15)3/h5-8,13,16-18H,4,9-12H2,1-3H3. The van der Waals surface area contributed by atoms with E-state index in [2.05, 4.69) is 38.2 Å². The van der Waals surface area contributed by atoms with Crippen LogP contribution in [0, 0.1) is 12.8 Å². The minimum Gasteiger partial charge on any atom is -0.313 e. The zero-order valence-corrected chi connectivity index (χ0v) is 13.7. The molecule has 0 aromatic heterocycles. The lowest BCUT2D eigenvalue weighted by Gasteiger charge is -2.34. The summed E-state index contributed by atoms with van der Waals surface area (Å²) in [7, 11) is -0.782. The quantitative estimate of drug-likeness (QED) is 0.901. The van der Waals surface area contributed by atoms with Gasteiger partial charge < -0.3 is 5.32 Å². The first-order chi connectivity index (χ1) is 9.61. The fourth-order valence-corrected chi connectivity index (χ4v) is 5.13. The molecule has 1 N–H and O–H groups in total. The van der Waals surface area contributed by atoms with E-state index < -0.39 is 10.8 Å². The van der Waals surface area contributed by atoms with Crippen molar-refractivity contribution in [2.75, 3.05) is 6.54 Å². The van der Waals surface area contributed by atoms with Gasteiger partial charge in [-0.1, -0.05) is 38.1 Å². The maximum absolute atomic E-state index is 12.8. The molecule has 1 aliphatic carbocycles. The molecule has 2 rings (SSSR count). The Morgan fingerprint density at radius 2 is 2.05 bits per heavy atom. The highest BCUT2D eigenvalue weighted by Gasteiger charge is 2.32. The third-order valence-corrected chi connectivity index (χ3v) is 6.21. The maximum Gasteiger partial charge on any atom is 0.0507 e. The predicted octanol–water partition coefficient (Wildman–Crippen LogP) is 3.41. The van der Waals surface area contributed by atoms with Crippen LogP contribution in [0.3, 0.4) is 0 Å². The second kappa shape index (κ2) is 7.37. The molecule has 0 amide bonds. The zero-order chi connectivity index (χ0) is 14.5. The van der Waals surface area contributed by atoms with Crippen LogP contribution in [0.4, 0.5) is 0 Å². The summed E-state index contributed by atoms with van der Waals surface area (Å²) in [4.78, 5) is 0. The Hall–Kier alpha value is -0.670. The third-order valence-electron chi connectivity index (χ3n) is 4.42. The predicted molar refractivity (Wildman–Crippen MR) is 87.3 cm³/mol. The van der Waals surface area contributed by atoms with Crippen LogP contribution in [0.15, 0.2) is 24.3 Å². The normalized spacial score (nSPS) is 28.2. The van der Waals surface area contributed by atoms with Gasteiger partial charge in [0.25, 0.3) is 0 Å². The van der Waals surface area contributed by atoms with Gasteiger partial charge >= 0.3 is 0 Å². The molecule has 1 saturated carbocycles. The van der Waals surface area contributed by atoms with E-state index >= 15 is 0 Å². The number of nitrogens with one attached hydrogen (secondary N) is 1. The fraction of sp³-hybridized carbons (Fsp3) is 0.647. The van der Waals surface area contributed by atoms with Gasteiger partial charge in [0, 0.05) is 22.6 Å². The van der Waals surface area contributed by atoms with Gasteiger partial charge in [-0.05, 0) is 49.8 Å². The lowest BCUT2D eigenvalue weighted by atomic mass is 9.87. The van der Waals surface area contributed by atoms with Gasteiger partial charge in [-0.15, -0.1) is 0 Å². The number of hydrogen-bond acceptors (Lipinski definition) is 2. The monoisotopic (exact) mass is 293 g/mol. The number of hydrogen-bond donors (Lipinski definition) is 1. The molecule has 1 fully saturated rings. The molecule has 4 unspecified atom stereocenters. The zero-order valence-electron chi connectivity index (χ0n) is 12.9. The topological polar surface area (TPSA) is 29.1 Å². The number of benzene rings is 1. The van der Waals surface area contributed by atoms with Crippen LogP contribution >= 0.6 is 0 Å². The minimum atomic E-state index is -0.782. The molecule has 0 aliphatic heterocycles. The van der Waals surface area contributed by atoms with Crippen LogP contribution < -0.4 is 5.32 Å². The van der Waals surface area contributed by atoms with Crippen molar-refractivity contribution < 1.29 is 4.21 Å². The molecule has 0 spiro atoms. The molecule has 3 heteroatoms. The van der Waals surface area contributed by atoms with Crippen molar-refractivity contribution in [1.29, 1.82) is 0 Å². The SMILES string of the molecule is CCNC1CCC(C)CC1S(=O)Cc1ccccc1C. The second-order valence-electron chi connectivity index (χ2n) is 6.07. The van der Waals surface area contributed by atoms with Crippen molar-refractivity contribution in [1.82, 2.24) is 5.32 Å². The van der Waals surface area contributed by atoms with Gasteiger partial charge in [-0.2, -0.15) is 0 Å². The fourth-order valence-electron chi connectivity index (χ4n) is 3.15. The average Bonchev–Trinajstić information content (AvgIpc) is 2.43. The molecule has 20 heavy (non-hydrogen) atoms. The van der Waals surface area contributed by atoms with Gasteiger partial charge in [0.1, 0.15) is 0 Å². The Kier molecular flexibility index (Phi) is 5.79. The van der Waals surface area contributed by atoms with E-state index in [4.69, 9.17) is 0 Å². The molecule has 0 bridgehead atoms. The van der Waals surface area contributed by atoms with Crippen LogP contribution in [0.2, 0.25) is 0 Å². The second-order valence-corrected chi connectivity index (χ2v) is 7.73. The van der Waals surface area contributed by atoms with Gasteiger partial charge in [0.15, 0.2) is 0 Å².